The first kappa shape index (κ1) is 17.7. The summed E-state index contributed by atoms with van der Waals surface area (Å²) in [5.41, 5.74) is 0.584. The third kappa shape index (κ3) is 4.00. The number of hydrogen-bond acceptors (Lipinski definition) is 4. The molecular formula is C15H21FN2O4S. The Balaban J connectivity index is 2.09. The van der Waals surface area contributed by atoms with Gasteiger partial charge in [-0.1, -0.05) is 6.07 Å². The predicted molar refractivity (Wildman–Crippen MR) is 84.1 cm³/mol. The first-order chi connectivity index (χ1) is 10.7. The molecule has 2 atom stereocenters. The van der Waals surface area contributed by atoms with Crippen LogP contribution in [0.25, 0.3) is 0 Å². The Morgan fingerprint density at radius 2 is 2.17 bits per heavy atom. The second-order valence-electron chi connectivity index (χ2n) is 5.66. The van der Waals surface area contributed by atoms with Gasteiger partial charge in [0.15, 0.2) is 11.6 Å². The van der Waals surface area contributed by atoms with E-state index < -0.39 is 27.9 Å². The summed E-state index contributed by atoms with van der Waals surface area (Å²) in [7, 11) is -2.04. The molecule has 8 heteroatoms. The zero-order chi connectivity index (χ0) is 17.2. The number of ether oxygens (including phenoxy) is 1. The van der Waals surface area contributed by atoms with Crippen molar-refractivity contribution in [1.29, 1.82) is 0 Å². The number of nitrogens with zero attached hydrogens (tertiary/aromatic N) is 1. The van der Waals surface area contributed by atoms with Crippen molar-refractivity contribution >= 4 is 15.9 Å². The summed E-state index contributed by atoms with van der Waals surface area (Å²) in [5.74, 6) is -0.743. The lowest BCUT2D eigenvalue weighted by Gasteiger charge is -2.23. The van der Waals surface area contributed by atoms with Gasteiger partial charge in [-0.3, -0.25) is 4.79 Å². The number of carbonyl (C=O) groups is 1. The van der Waals surface area contributed by atoms with Crippen LogP contribution in [-0.2, 0) is 14.8 Å². The molecule has 1 aliphatic rings. The van der Waals surface area contributed by atoms with Crippen LogP contribution >= 0.6 is 0 Å². The van der Waals surface area contributed by atoms with Gasteiger partial charge >= 0.3 is 0 Å². The number of amides is 1. The summed E-state index contributed by atoms with van der Waals surface area (Å²) in [5, 5.41) is 2.75. The van der Waals surface area contributed by atoms with Gasteiger partial charge in [0.25, 0.3) is 0 Å². The number of nitrogens with one attached hydrogen (secondary N) is 1. The van der Waals surface area contributed by atoms with Crippen molar-refractivity contribution in [1.82, 2.24) is 9.62 Å². The van der Waals surface area contributed by atoms with Crippen LogP contribution in [0.1, 0.15) is 31.4 Å². The van der Waals surface area contributed by atoms with Crippen LogP contribution in [0.4, 0.5) is 4.39 Å². The normalized spacial score (nSPS) is 20.3. The Hall–Kier alpha value is -1.67. The molecule has 1 aromatic carbocycles. The number of halogens is 1. The first-order valence-corrected chi connectivity index (χ1v) is 9.19. The highest BCUT2D eigenvalue weighted by atomic mass is 32.2. The Labute approximate surface area is 135 Å². The highest BCUT2D eigenvalue weighted by molar-refractivity contribution is 7.88. The third-order valence-electron chi connectivity index (χ3n) is 3.97. The molecule has 2 rings (SSSR count). The molecule has 0 spiro atoms. The monoisotopic (exact) mass is 344 g/mol. The maximum atomic E-state index is 13.7. The van der Waals surface area contributed by atoms with Crippen LogP contribution in [0, 0.1) is 5.82 Å². The largest absolute Gasteiger partial charge is 0.494 e. The molecular weight excluding hydrogens is 323 g/mol. The van der Waals surface area contributed by atoms with Crippen LogP contribution in [0.15, 0.2) is 18.2 Å². The molecule has 1 fully saturated rings. The van der Waals surface area contributed by atoms with E-state index in [1.807, 2.05) is 0 Å². The topological polar surface area (TPSA) is 75.7 Å². The molecule has 1 heterocycles. The van der Waals surface area contributed by atoms with Crippen molar-refractivity contribution in [2.24, 2.45) is 0 Å². The zero-order valence-corrected chi connectivity index (χ0v) is 14.2. The standard InChI is InChI=1S/C15H21FN2O4S/c1-10(11-6-7-14(22-2)12(16)9-11)17-15(19)13-5-4-8-18(13)23(3,20)21/h6-7,9-10,13H,4-5,8H2,1-3H3,(H,17,19)/t10-,13-/m1/s1. The molecule has 0 saturated carbocycles. The van der Waals surface area contributed by atoms with E-state index in [1.165, 1.54) is 23.5 Å². The molecule has 1 aromatic rings. The Kier molecular flexibility index (Phi) is 5.26. The van der Waals surface area contributed by atoms with Gasteiger partial charge in [0.2, 0.25) is 15.9 Å². The van der Waals surface area contributed by atoms with Crippen LogP contribution < -0.4 is 10.1 Å². The molecule has 0 radical (unpaired) electrons. The molecule has 0 aliphatic carbocycles. The van der Waals surface area contributed by atoms with E-state index >= 15 is 0 Å². The van der Waals surface area contributed by atoms with Gasteiger partial charge in [-0.05, 0) is 37.5 Å². The van der Waals surface area contributed by atoms with Crippen molar-refractivity contribution < 1.29 is 22.3 Å². The van der Waals surface area contributed by atoms with Gasteiger partial charge in [0.05, 0.1) is 19.4 Å². The van der Waals surface area contributed by atoms with Crippen molar-refractivity contribution in [3.8, 4) is 5.75 Å². The van der Waals surface area contributed by atoms with Crippen molar-refractivity contribution in [2.75, 3.05) is 19.9 Å². The summed E-state index contributed by atoms with van der Waals surface area (Å²) >= 11 is 0. The summed E-state index contributed by atoms with van der Waals surface area (Å²) in [6, 6.07) is 3.31. The Morgan fingerprint density at radius 1 is 1.48 bits per heavy atom. The van der Waals surface area contributed by atoms with E-state index in [4.69, 9.17) is 4.74 Å². The van der Waals surface area contributed by atoms with Crippen LogP contribution in [0.5, 0.6) is 5.75 Å². The fourth-order valence-corrected chi connectivity index (χ4v) is 3.87. The SMILES string of the molecule is COc1ccc([C@@H](C)NC(=O)[C@H]2CCCN2S(C)(=O)=O)cc1F. The number of methoxy groups -OCH3 is 1. The van der Waals surface area contributed by atoms with E-state index in [-0.39, 0.29) is 11.7 Å². The van der Waals surface area contributed by atoms with Crippen LogP contribution in [0.3, 0.4) is 0 Å². The third-order valence-corrected chi connectivity index (χ3v) is 5.26. The molecule has 1 saturated heterocycles. The highest BCUT2D eigenvalue weighted by Gasteiger charge is 2.36. The fraction of sp³-hybridized carbons (Fsp3) is 0.533. The molecule has 128 valence electrons. The highest BCUT2D eigenvalue weighted by Crippen LogP contribution is 2.24. The van der Waals surface area contributed by atoms with Crippen LogP contribution in [0.2, 0.25) is 0 Å². The molecule has 0 bridgehead atoms. The van der Waals surface area contributed by atoms with E-state index in [2.05, 4.69) is 5.32 Å². The molecule has 1 amide bonds. The summed E-state index contributed by atoms with van der Waals surface area (Å²) < 4.78 is 43.2. The molecule has 0 unspecified atom stereocenters. The molecule has 1 N–H and O–H groups in total. The Bertz CT molecular complexity index is 693. The zero-order valence-electron chi connectivity index (χ0n) is 13.4. The lowest BCUT2D eigenvalue weighted by atomic mass is 10.1. The van der Waals surface area contributed by atoms with E-state index in [1.54, 1.807) is 13.0 Å². The maximum absolute atomic E-state index is 13.7. The fourth-order valence-electron chi connectivity index (χ4n) is 2.74. The van der Waals surface area contributed by atoms with Crippen molar-refractivity contribution in [2.45, 2.75) is 31.8 Å². The van der Waals surface area contributed by atoms with Gasteiger partial charge < -0.3 is 10.1 Å². The van der Waals surface area contributed by atoms with Gasteiger partial charge in [-0.15, -0.1) is 0 Å². The second kappa shape index (κ2) is 6.84. The van der Waals surface area contributed by atoms with Gasteiger partial charge in [-0.25, -0.2) is 12.8 Å². The molecule has 0 aromatic heterocycles. The van der Waals surface area contributed by atoms with Crippen LogP contribution in [-0.4, -0.2) is 44.6 Å². The van der Waals surface area contributed by atoms with Gasteiger partial charge in [0.1, 0.15) is 6.04 Å². The first-order valence-electron chi connectivity index (χ1n) is 7.34. The number of sulfonamides is 1. The average molecular weight is 344 g/mol. The average Bonchev–Trinajstić information content (AvgIpc) is 2.96. The lowest BCUT2D eigenvalue weighted by Crippen LogP contribution is -2.46. The minimum atomic E-state index is -3.42. The molecule has 6 nitrogen and oxygen atoms in total. The van der Waals surface area contributed by atoms with Crippen molar-refractivity contribution in [3.05, 3.63) is 29.6 Å². The van der Waals surface area contributed by atoms with E-state index in [0.717, 1.165) is 6.26 Å². The number of benzene rings is 1. The summed E-state index contributed by atoms with van der Waals surface area (Å²) in [6.07, 6.45) is 2.24. The number of carbonyl (C=O) groups excluding carboxylic acids is 1. The maximum Gasteiger partial charge on any atom is 0.238 e. The van der Waals surface area contributed by atoms with Gasteiger partial charge in [-0.2, -0.15) is 4.31 Å². The minimum absolute atomic E-state index is 0.131. The quantitative estimate of drug-likeness (QED) is 0.877. The van der Waals surface area contributed by atoms with E-state index in [0.29, 0.717) is 24.9 Å². The second-order valence-corrected chi connectivity index (χ2v) is 7.59. The minimum Gasteiger partial charge on any atom is -0.494 e. The number of rotatable bonds is 5. The number of hydrogen-bond donors (Lipinski definition) is 1. The summed E-state index contributed by atoms with van der Waals surface area (Å²) in [4.78, 5) is 12.4. The Morgan fingerprint density at radius 3 is 2.74 bits per heavy atom. The predicted octanol–water partition coefficient (Wildman–Crippen LogP) is 1.44. The smallest absolute Gasteiger partial charge is 0.238 e. The van der Waals surface area contributed by atoms with Crippen molar-refractivity contribution in [3.63, 3.8) is 0 Å². The molecule has 1 aliphatic heterocycles. The lowest BCUT2D eigenvalue weighted by molar-refractivity contribution is -0.124. The molecule has 23 heavy (non-hydrogen) atoms. The summed E-state index contributed by atoms with van der Waals surface area (Å²) in [6.45, 7) is 2.07. The van der Waals surface area contributed by atoms with Gasteiger partial charge in [0, 0.05) is 6.54 Å². The van der Waals surface area contributed by atoms with E-state index in [9.17, 15) is 17.6 Å².